The molecule has 0 aliphatic rings. The zero-order valence-corrected chi connectivity index (χ0v) is 11.3. The van der Waals surface area contributed by atoms with Crippen molar-refractivity contribution in [1.82, 2.24) is 5.32 Å². The van der Waals surface area contributed by atoms with Crippen molar-refractivity contribution in [1.29, 1.82) is 0 Å². The van der Waals surface area contributed by atoms with E-state index in [2.05, 4.69) is 26.4 Å². The molecule has 0 spiro atoms. The topological polar surface area (TPSA) is 108 Å². The summed E-state index contributed by atoms with van der Waals surface area (Å²) in [5.41, 5.74) is 5.56. The molecule has 98 valence electrons. The first kappa shape index (κ1) is 14.3. The van der Waals surface area contributed by atoms with Crippen LogP contribution in [0.4, 0.5) is 0 Å². The SMILES string of the molecule is CCC(NC(=O)c1ccc(Br)cc1O)C(N)=NO. The Bertz CT molecular complexity index is 477. The molecule has 6 nitrogen and oxygen atoms in total. The van der Waals surface area contributed by atoms with Crippen molar-refractivity contribution in [3.63, 3.8) is 0 Å². The smallest absolute Gasteiger partial charge is 0.255 e. The number of hydrogen-bond donors (Lipinski definition) is 4. The third-order valence-electron chi connectivity index (χ3n) is 2.39. The van der Waals surface area contributed by atoms with Crippen LogP contribution in [-0.2, 0) is 0 Å². The molecule has 1 aromatic carbocycles. The molecular formula is C11H14BrN3O3. The molecule has 1 aromatic rings. The third kappa shape index (κ3) is 3.36. The molecule has 1 atom stereocenters. The Balaban J connectivity index is 2.88. The van der Waals surface area contributed by atoms with E-state index in [9.17, 15) is 9.90 Å². The van der Waals surface area contributed by atoms with Crippen LogP contribution < -0.4 is 11.1 Å². The second-order valence-corrected chi connectivity index (χ2v) is 4.54. The van der Waals surface area contributed by atoms with Gasteiger partial charge in [-0.05, 0) is 24.6 Å². The first-order valence-corrected chi connectivity index (χ1v) is 6.05. The Morgan fingerprint density at radius 2 is 2.28 bits per heavy atom. The number of rotatable bonds is 4. The summed E-state index contributed by atoms with van der Waals surface area (Å²) in [7, 11) is 0. The number of nitrogens with zero attached hydrogens (tertiary/aromatic N) is 1. The van der Waals surface area contributed by atoms with Crippen LogP contribution >= 0.6 is 15.9 Å². The number of hydrogen-bond acceptors (Lipinski definition) is 4. The number of amidine groups is 1. The van der Waals surface area contributed by atoms with E-state index in [4.69, 9.17) is 10.9 Å². The maximum absolute atomic E-state index is 11.9. The van der Waals surface area contributed by atoms with Crippen molar-refractivity contribution in [3.05, 3.63) is 28.2 Å². The van der Waals surface area contributed by atoms with Gasteiger partial charge in [-0.2, -0.15) is 0 Å². The largest absolute Gasteiger partial charge is 0.507 e. The van der Waals surface area contributed by atoms with Gasteiger partial charge in [-0.25, -0.2) is 0 Å². The molecule has 0 aliphatic carbocycles. The number of halogens is 1. The number of nitrogens with one attached hydrogen (secondary N) is 1. The van der Waals surface area contributed by atoms with Crippen molar-refractivity contribution < 1.29 is 15.1 Å². The van der Waals surface area contributed by atoms with Gasteiger partial charge in [0.1, 0.15) is 5.75 Å². The second kappa shape index (κ2) is 6.25. The van der Waals surface area contributed by atoms with Crippen molar-refractivity contribution in [2.75, 3.05) is 0 Å². The molecule has 1 rings (SSSR count). The molecule has 0 aromatic heterocycles. The summed E-state index contributed by atoms with van der Waals surface area (Å²) < 4.78 is 0.667. The van der Waals surface area contributed by atoms with Gasteiger partial charge in [-0.1, -0.05) is 28.0 Å². The number of oxime groups is 1. The molecule has 18 heavy (non-hydrogen) atoms. The monoisotopic (exact) mass is 315 g/mol. The third-order valence-corrected chi connectivity index (χ3v) is 2.88. The number of carbonyl (C=O) groups is 1. The minimum absolute atomic E-state index is 0.0811. The Morgan fingerprint density at radius 1 is 1.61 bits per heavy atom. The predicted octanol–water partition coefficient (Wildman–Crippen LogP) is 1.41. The first-order valence-electron chi connectivity index (χ1n) is 5.26. The molecule has 1 amide bonds. The lowest BCUT2D eigenvalue weighted by molar-refractivity contribution is 0.0943. The quantitative estimate of drug-likeness (QED) is 0.291. The highest BCUT2D eigenvalue weighted by Gasteiger charge is 2.18. The molecule has 0 saturated carbocycles. The van der Waals surface area contributed by atoms with Crippen LogP contribution in [-0.4, -0.2) is 28.1 Å². The lowest BCUT2D eigenvalue weighted by atomic mass is 10.1. The second-order valence-electron chi connectivity index (χ2n) is 3.62. The molecule has 0 bridgehead atoms. The molecule has 1 unspecified atom stereocenters. The van der Waals surface area contributed by atoms with Gasteiger partial charge >= 0.3 is 0 Å². The molecule has 0 fully saturated rings. The average Bonchev–Trinajstić information content (AvgIpc) is 2.34. The zero-order valence-electron chi connectivity index (χ0n) is 9.72. The van der Waals surface area contributed by atoms with Crippen molar-refractivity contribution in [2.24, 2.45) is 10.9 Å². The van der Waals surface area contributed by atoms with Crippen molar-refractivity contribution in [2.45, 2.75) is 19.4 Å². The number of phenols is 1. The summed E-state index contributed by atoms with van der Waals surface area (Å²) in [5.74, 6) is -0.711. The van der Waals surface area contributed by atoms with Gasteiger partial charge in [0.05, 0.1) is 11.6 Å². The van der Waals surface area contributed by atoms with Crippen LogP contribution in [0.2, 0.25) is 0 Å². The summed E-state index contributed by atoms with van der Waals surface area (Å²) >= 11 is 3.18. The van der Waals surface area contributed by atoms with E-state index in [0.29, 0.717) is 10.9 Å². The molecule has 0 saturated heterocycles. The Kier molecular flexibility index (Phi) is 4.96. The fraction of sp³-hybridized carbons (Fsp3) is 0.273. The van der Waals surface area contributed by atoms with Crippen LogP contribution in [0, 0.1) is 0 Å². The van der Waals surface area contributed by atoms with Gasteiger partial charge in [0, 0.05) is 4.47 Å². The Labute approximate surface area is 113 Å². The minimum atomic E-state index is -0.578. The Hall–Kier alpha value is -1.76. The molecule has 5 N–H and O–H groups in total. The van der Waals surface area contributed by atoms with Crippen LogP contribution in [0.5, 0.6) is 5.75 Å². The van der Waals surface area contributed by atoms with Gasteiger partial charge in [0.2, 0.25) is 0 Å². The van der Waals surface area contributed by atoms with Gasteiger partial charge in [-0.15, -0.1) is 0 Å². The van der Waals surface area contributed by atoms with Crippen molar-refractivity contribution >= 4 is 27.7 Å². The Morgan fingerprint density at radius 3 is 2.78 bits per heavy atom. The highest BCUT2D eigenvalue weighted by molar-refractivity contribution is 9.10. The van der Waals surface area contributed by atoms with E-state index < -0.39 is 11.9 Å². The number of nitrogens with two attached hydrogens (primary N) is 1. The predicted molar refractivity (Wildman–Crippen MR) is 70.8 cm³/mol. The number of phenolic OH excluding ortho intramolecular Hbond substituents is 1. The van der Waals surface area contributed by atoms with E-state index in [-0.39, 0.29) is 17.1 Å². The van der Waals surface area contributed by atoms with E-state index in [0.717, 1.165) is 0 Å². The maximum Gasteiger partial charge on any atom is 0.255 e. The van der Waals surface area contributed by atoms with Gasteiger partial charge < -0.3 is 21.4 Å². The fourth-order valence-electron chi connectivity index (χ4n) is 1.39. The van der Waals surface area contributed by atoms with Crippen LogP contribution in [0.1, 0.15) is 23.7 Å². The van der Waals surface area contributed by atoms with E-state index in [1.54, 1.807) is 13.0 Å². The summed E-state index contributed by atoms with van der Waals surface area (Å²) in [5, 5.41) is 23.6. The van der Waals surface area contributed by atoms with Crippen LogP contribution in [0.25, 0.3) is 0 Å². The highest BCUT2D eigenvalue weighted by Crippen LogP contribution is 2.22. The number of amides is 1. The first-order chi connectivity index (χ1) is 8.49. The highest BCUT2D eigenvalue weighted by atomic mass is 79.9. The number of carbonyl (C=O) groups excluding carboxylic acids is 1. The average molecular weight is 316 g/mol. The molecule has 0 radical (unpaired) electrons. The van der Waals surface area contributed by atoms with Crippen molar-refractivity contribution in [3.8, 4) is 5.75 Å². The standard InChI is InChI=1S/C11H14BrN3O3/c1-2-8(10(13)15-18)14-11(17)7-4-3-6(12)5-9(7)16/h3-5,8,16,18H,2H2,1H3,(H2,13,15)(H,14,17). The van der Waals surface area contributed by atoms with Gasteiger partial charge in [0.15, 0.2) is 5.84 Å². The minimum Gasteiger partial charge on any atom is -0.507 e. The zero-order chi connectivity index (χ0) is 13.7. The normalized spacial score (nSPS) is 13.1. The lowest BCUT2D eigenvalue weighted by Gasteiger charge is -2.15. The van der Waals surface area contributed by atoms with E-state index >= 15 is 0 Å². The maximum atomic E-state index is 11.9. The summed E-state index contributed by atoms with van der Waals surface area (Å²) in [6.45, 7) is 1.78. The van der Waals surface area contributed by atoms with Gasteiger partial charge in [0.25, 0.3) is 5.91 Å². The molecule has 0 heterocycles. The molecule has 7 heteroatoms. The molecule has 0 aliphatic heterocycles. The van der Waals surface area contributed by atoms with E-state index in [1.165, 1.54) is 12.1 Å². The van der Waals surface area contributed by atoms with Gasteiger partial charge in [-0.3, -0.25) is 4.79 Å². The number of aromatic hydroxyl groups is 1. The summed E-state index contributed by atoms with van der Waals surface area (Å²) in [4.78, 5) is 11.9. The van der Waals surface area contributed by atoms with Crippen LogP contribution in [0.15, 0.2) is 27.8 Å². The lowest BCUT2D eigenvalue weighted by Crippen LogP contribution is -2.44. The summed E-state index contributed by atoms with van der Waals surface area (Å²) in [6.07, 6.45) is 0.471. The fourth-order valence-corrected chi connectivity index (χ4v) is 1.74. The molecular weight excluding hydrogens is 302 g/mol. The summed E-state index contributed by atoms with van der Waals surface area (Å²) in [6, 6.07) is 3.96. The van der Waals surface area contributed by atoms with Crippen LogP contribution in [0.3, 0.4) is 0 Å². The number of benzene rings is 1. The van der Waals surface area contributed by atoms with E-state index in [1.807, 2.05) is 0 Å².